The number of nitrogens with one attached hydrogen (secondary N) is 1. The van der Waals surface area contributed by atoms with Crippen LogP contribution in [0.3, 0.4) is 0 Å². The monoisotopic (exact) mass is 418 g/mol. The second-order valence-electron chi connectivity index (χ2n) is 8.12. The Balaban J connectivity index is 1.35. The van der Waals surface area contributed by atoms with E-state index in [1.165, 1.54) is 44.8 Å². The molecule has 0 spiro atoms. The Hall–Kier alpha value is -2.05. The Morgan fingerprint density at radius 3 is 2.93 bits per heavy atom. The van der Waals surface area contributed by atoms with Crippen LogP contribution in [0, 0.1) is 12.8 Å². The van der Waals surface area contributed by atoms with Crippen molar-refractivity contribution in [2.75, 3.05) is 26.2 Å². The molecule has 2 aromatic rings. The minimum atomic E-state index is -0.426. The van der Waals surface area contributed by atoms with Gasteiger partial charge in [-0.15, -0.1) is 0 Å². The zero-order valence-corrected chi connectivity index (χ0v) is 17.5. The molecule has 0 radical (unpaired) electrons. The Kier molecular flexibility index (Phi) is 6.11. The highest BCUT2D eigenvalue weighted by atomic mass is 35.5. The van der Waals surface area contributed by atoms with Gasteiger partial charge in [-0.05, 0) is 63.2 Å². The van der Waals surface area contributed by atoms with Gasteiger partial charge in [-0.25, -0.2) is 4.79 Å². The lowest BCUT2D eigenvalue weighted by molar-refractivity contribution is -0.123. The molecule has 156 valence electrons. The molecular formula is C22H27ClN2O4. The summed E-state index contributed by atoms with van der Waals surface area (Å²) in [4.78, 5) is 26.5. The fourth-order valence-corrected chi connectivity index (χ4v) is 4.90. The summed E-state index contributed by atoms with van der Waals surface area (Å²) in [5, 5.41) is 4.16. The Morgan fingerprint density at radius 2 is 2.07 bits per heavy atom. The van der Waals surface area contributed by atoms with E-state index in [2.05, 4.69) is 10.2 Å². The third-order valence-corrected chi connectivity index (χ3v) is 6.45. The summed E-state index contributed by atoms with van der Waals surface area (Å²) in [6.07, 6.45) is 6.16. The first kappa shape index (κ1) is 20.2. The number of ether oxygens (including phenoxy) is 1. The average Bonchev–Trinajstić information content (AvgIpc) is 2.71. The number of aryl methyl sites for hydroxylation is 1. The molecule has 4 rings (SSSR count). The van der Waals surface area contributed by atoms with Crippen LogP contribution < -0.4 is 15.7 Å². The fraction of sp³-hybridized carbons (Fsp3) is 0.545. The van der Waals surface area contributed by atoms with Crippen molar-refractivity contribution in [3.8, 4) is 5.75 Å². The van der Waals surface area contributed by atoms with E-state index in [0.29, 0.717) is 34.9 Å². The van der Waals surface area contributed by atoms with Gasteiger partial charge in [0.05, 0.1) is 5.02 Å². The van der Waals surface area contributed by atoms with Crippen LogP contribution in [0.5, 0.6) is 5.75 Å². The number of benzene rings is 1. The minimum absolute atomic E-state index is 0.123. The molecule has 2 atom stereocenters. The normalized spacial score (nSPS) is 22.3. The highest BCUT2D eigenvalue weighted by Crippen LogP contribution is 2.32. The van der Waals surface area contributed by atoms with Crippen molar-refractivity contribution in [3.05, 3.63) is 39.2 Å². The van der Waals surface area contributed by atoms with Crippen LogP contribution >= 0.6 is 11.6 Å². The van der Waals surface area contributed by atoms with E-state index in [-0.39, 0.29) is 12.5 Å². The molecule has 0 aliphatic carbocycles. The molecule has 7 heteroatoms. The van der Waals surface area contributed by atoms with Gasteiger partial charge >= 0.3 is 5.63 Å². The first-order valence-electron chi connectivity index (χ1n) is 10.4. The number of rotatable bonds is 5. The van der Waals surface area contributed by atoms with Gasteiger partial charge in [-0.2, -0.15) is 0 Å². The van der Waals surface area contributed by atoms with Crippen molar-refractivity contribution in [1.82, 2.24) is 10.2 Å². The molecule has 2 aliphatic heterocycles. The zero-order valence-electron chi connectivity index (χ0n) is 16.7. The standard InChI is InChI=1S/C22H27ClN2O4/c1-14-9-22(27)29-19-11-20(17(23)10-16(14)19)28-13-21(26)24-12-15-5-4-8-25-7-3-2-6-18(15)25/h9-11,15,18H,2-8,12-13H2,1H3,(H,24,26)/t15-,18-/m0/s1. The zero-order chi connectivity index (χ0) is 20.4. The largest absolute Gasteiger partial charge is 0.482 e. The van der Waals surface area contributed by atoms with E-state index in [1.807, 2.05) is 6.92 Å². The first-order chi connectivity index (χ1) is 14.0. The lowest BCUT2D eigenvalue weighted by Gasteiger charge is -2.44. The van der Waals surface area contributed by atoms with Gasteiger partial charge in [-0.1, -0.05) is 18.0 Å². The number of hydrogen-bond acceptors (Lipinski definition) is 5. The van der Waals surface area contributed by atoms with Crippen LogP contribution in [0.1, 0.15) is 37.7 Å². The summed E-state index contributed by atoms with van der Waals surface area (Å²) in [7, 11) is 0. The average molecular weight is 419 g/mol. The van der Waals surface area contributed by atoms with Crippen molar-refractivity contribution in [3.63, 3.8) is 0 Å². The number of nitrogens with zero attached hydrogens (tertiary/aromatic N) is 1. The van der Waals surface area contributed by atoms with E-state index >= 15 is 0 Å². The van der Waals surface area contributed by atoms with Gasteiger partial charge in [0.25, 0.3) is 5.91 Å². The van der Waals surface area contributed by atoms with Crippen LogP contribution in [0.4, 0.5) is 0 Å². The number of fused-ring (bicyclic) bond motifs is 2. The molecule has 0 unspecified atom stereocenters. The summed E-state index contributed by atoms with van der Waals surface area (Å²) >= 11 is 6.29. The maximum atomic E-state index is 12.3. The maximum Gasteiger partial charge on any atom is 0.336 e. The molecule has 1 N–H and O–H groups in total. The van der Waals surface area contributed by atoms with E-state index < -0.39 is 5.63 Å². The van der Waals surface area contributed by atoms with E-state index in [0.717, 1.165) is 17.4 Å². The van der Waals surface area contributed by atoms with Crippen molar-refractivity contribution in [1.29, 1.82) is 0 Å². The topological polar surface area (TPSA) is 71.8 Å². The van der Waals surface area contributed by atoms with Crippen molar-refractivity contribution >= 4 is 28.5 Å². The number of amides is 1. The SMILES string of the molecule is Cc1cc(=O)oc2cc(OCC(=O)NC[C@@H]3CCCN4CCCC[C@@H]34)c(Cl)cc12. The van der Waals surface area contributed by atoms with Gasteiger partial charge in [0.2, 0.25) is 0 Å². The molecular weight excluding hydrogens is 392 g/mol. The second-order valence-corrected chi connectivity index (χ2v) is 8.53. The van der Waals surface area contributed by atoms with Crippen molar-refractivity contribution in [2.45, 2.75) is 45.1 Å². The van der Waals surface area contributed by atoms with E-state index in [4.69, 9.17) is 20.8 Å². The molecule has 29 heavy (non-hydrogen) atoms. The van der Waals surface area contributed by atoms with Crippen LogP contribution in [-0.4, -0.2) is 43.1 Å². The van der Waals surface area contributed by atoms with Crippen LogP contribution in [0.2, 0.25) is 5.02 Å². The van der Waals surface area contributed by atoms with Gasteiger partial charge in [0, 0.05) is 30.1 Å². The molecule has 2 aliphatic rings. The third kappa shape index (κ3) is 4.59. The number of carbonyl (C=O) groups is 1. The molecule has 1 aromatic heterocycles. The van der Waals surface area contributed by atoms with Gasteiger partial charge in [0.15, 0.2) is 6.61 Å². The van der Waals surface area contributed by atoms with Gasteiger partial charge in [0.1, 0.15) is 11.3 Å². The molecule has 6 nitrogen and oxygen atoms in total. The lowest BCUT2D eigenvalue weighted by Crippen LogP contribution is -2.51. The number of hydrogen-bond donors (Lipinski definition) is 1. The molecule has 3 heterocycles. The molecule has 2 saturated heterocycles. The van der Waals surface area contributed by atoms with E-state index in [1.54, 1.807) is 12.1 Å². The highest BCUT2D eigenvalue weighted by molar-refractivity contribution is 6.32. The summed E-state index contributed by atoms with van der Waals surface area (Å²) in [6.45, 7) is 4.76. The number of halogens is 1. The quantitative estimate of drug-likeness (QED) is 0.752. The minimum Gasteiger partial charge on any atom is -0.482 e. The van der Waals surface area contributed by atoms with Crippen LogP contribution in [0.15, 0.2) is 27.4 Å². The molecule has 1 aromatic carbocycles. The maximum absolute atomic E-state index is 12.3. The first-order valence-corrected chi connectivity index (χ1v) is 10.8. The van der Waals surface area contributed by atoms with Gasteiger partial charge in [-0.3, -0.25) is 4.79 Å². The summed E-state index contributed by atoms with van der Waals surface area (Å²) < 4.78 is 10.8. The number of piperidine rings is 2. The van der Waals surface area contributed by atoms with E-state index in [9.17, 15) is 9.59 Å². The highest BCUT2D eigenvalue weighted by Gasteiger charge is 2.32. The fourth-order valence-electron chi connectivity index (χ4n) is 4.68. The summed E-state index contributed by atoms with van der Waals surface area (Å²) in [6, 6.07) is 5.29. The molecule has 0 saturated carbocycles. The Labute approximate surface area is 175 Å². The van der Waals surface area contributed by atoms with Gasteiger partial charge < -0.3 is 19.4 Å². The van der Waals surface area contributed by atoms with Crippen LogP contribution in [-0.2, 0) is 4.79 Å². The third-order valence-electron chi connectivity index (χ3n) is 6.15. The summed E-state index contributed by atoms with van der Waals surface area (Å²) in [5.41, 5.74) is 0.756. The molecule has 0 bridgehead atoms. The molecule has 1 amide bonds. The Bertz CT molecular complexity index is 956. The smallest absolute Gasteiger partial charge is 0.336 e. The Morgan fingerprint density at radius 1 is 1.24 bits per heavy atom. The predicted octanol–water partition coefficient (Wildman–Crippen LogP) is 3.51. The lowest BCUT2D eigenvalue weighted by atomic mass is 9.83. The van der Waals surface area contributed by atoms with Crippen LogP contribution in [0.25, 0.3) is 11.0 Å². The summed E-state index contributed by atoms with van der Waals surface area (Å²) in [5.74, 6) is 0.675. The molecule has 2 fully saturated rings. The van der Waals surface area contributed by atoms with Crippen molar-refractivity contribution < 1.29 is 13.9 Å². The van der Waals surface area contributed by atoms with Crippen molar-refractivity contribution in [2.24, 2.45) is 5.92 Å². The number of carbonyl (C=O) groups excluding carboxylic acids is 1. The second kappa shape index (κ2) is 8.76. The predicted molar refractivity (Wildman–Crippen MR) is 113 cm³/mol.